The highest BCUT2D eigenvalue weighted by Gasteiger charge is 2.22. The summed E-state index contributed by atoms with van der Waals surface area (Å²) in [7, 11) is 2.05. The average molecular weight is 193 g/mol. The quantitative estimate of drug-likeness (QED) is 0.776. The van der Waals surface area contributed by atoms with Crippen molar-refractivity contribution >= 4 is 5.82 Å². The van der Waals surface area contributed by atoms with E-state index in [1.807, 2.05) is 7.05 Å². The van der Waals surface area contributed by atoms with Gasteiger partial charge >= 0.3 is 0 Å². The third kappa shape index (κ3) is 1.70. The highest BCUT2D eigenvalue weighted by atomic mass is 16.3. The SMILES string of the molecule is CN(c1cnc(CO)cn1)C1CCC1. The predicted octanol–water partition coefficient (Wildman–Crippen LogP) is 0.958. The van der Waals surface area contributed by atoms with Crippen LogP contribution in [0.15, 0.2) is 12.4 Å². The third-order valence-electron chi connectivity index (χ3n) is 2.84. The molecule has 1 aliphatic carbocycles. The van der Waals surface area contributed by atoms with Crippen molar-refractivity contribution in [2.24, 2.45) is 0 Å². The molecule has 14 heavy (non-hydrogen) atoms. The van der Waals surface area contributed by atoms with E-state index in [2.05, 4.69) is 14.9 Å². The number of nitrogens with zero attached hydrogens (tertiary/aromatic N) is 3. The minimum atomic E-state index is -0.0412. The number of aliphatic hydroxyl groups is 1. The lowest BCUT2D eigenvalue weighted by molar-refractivity contribution is 0.276. The van der Waals surface area contributed by atoms with Crippen LogP contribution in [0, 0.1) is 0 Å². The highest BCUT2D eigenvalue weighted by Crippen LogP contribution is 2.26. The first-order valence-electron chi connectivity index (χ1n) is 4.96. The van der Waals surface area contributed by atoms with Crippen molar-refractivity contribution in [1.29, 1.82) is 0 Å². The van der Waals surface area contributed by atoms with Crippen LogP contribution < -0.4 is 4.90 Å². The zero-order valence-corrected chi connectivity index (χ0v) is 8.35. The van der Waals surface area contributed by atoms with E-state index in [4.69, 9.17) is 5.11 Å². The monoisotopic (exact) mass is 193 g/mol. The lowest BCUT2D eigenvalue weighted by Gasteiger charge is -2.35. The van der Waals surface area contributed by atoms with E-state index in [0.717, 1.165) is 5.82 Å². The number of anilines is 1. The Morgan fingerprint density at radius 3 is 2.64 bits per heavy atom. The van der Waals surface area contributed by atoms with Gasteiger partial charge in [0.15, 0.2) is 0 Å². The molecule has 0 spiro atoms. The van der Waals surface area contributed by atoms with E-state index in [0.29, 0.717) is 11.7 Å². The number of aromatic nitrogens is 2. The van der Waals surface area contributed by atoms with Crippen LogP contribution in [0.1, 0.15) is 25.0 Å². The highest BCUT2D eigenvalue weighted by molar-refractivity contribution is 5.36. The molecule has 2 rings (SSSR count). The molecule has 1 aromatic rings. The van der Waals surface area contributed by atoms with Crippen LogP contribution in [0.5, 0.6) is 0 Å². The summed E-state index contributed by atoms with van der Waals surface area (Å²) in [4.78, 5) is 10.5. The van der Waals surface area contributed by atoms with Crippen LogP contribution in [0.3, 0.4) is 0 Å². The van der Waals surface area contributed by atoms with Gasteiger partial charge in [-0.3, -0.25) is 4.98 Å². The van der Waals surface area contributed by atoms with Crippen molar-refractivity contribution in [2.45, 2.75) is 31.9 Å². The molecular formula is C10H15N3O. The maximum atomic E-state index is 8.82. The standard InChI is InChI=1S/C10H15N3O/c1-13(9-3-2-4-9)10-6-11-8(7-14)5-12-10/h5-6,9,14H,2-4,7H2,1H3. The van der Waals surface area contributed by atoms with E-state index < -0.39 is 0 Å². The van der Waals surface area contributed by atoms with Gasteiger partial charge in [-0.05, 0) is 19.3 Å². The summed E-state index contributed by atoms with van der Waals surface area (Å²) in [5.74, 6) is 0.895. The summed E-state index contributed by atoms with van der Waals surface area (Å²) >= 11 is 0. The minimum Gasteiger partial charge on any atom is -0.390 e. The topological polar surface area (TPSA) is 49.2 Å². The van der Waals surface area contributed by atoms with Gasteiger partial charge in [0, 0.05) is 13.1 Å². The Kier molecular flexibility index (Phi) is 2.63. The molecule has 1 N–H and O–H groups in total. The summed E-state index contributed by atoms with van der Waals surface area (Å²) in [6.07, 6.45) is 7.17. The molecule has 0 saturated heterocycles. The molecular weight excluding hydrogens is 178 g/mol. The van der Waals surface area contributed by atoms with Gasteiger partial charge in [-0.1, -0.05) is 0 Å². The molecule has 0 bridgehead atoms. The number of hydrogen-bond acceptors (Lipinski definition) is 4. The van der Waals surface area contributed by atoms with E-state index in [9.17, 15) is 0 Å². The van der Waals surface area contributed by atoms with Gasteiger partial charge < -0.3 is 10.0 Å². The van der Waals surface area contributed by atoms with E-state index in [-0.39, 0.29) is 6.61 Å². The molecule has 1 saturated carbocycles. The first-order valence-corrected chi connectivity index (χ1v) is 4.96. The summed E-state index contributed by atoms with van der Waals surface area (Å²) in [5, 5.41) is 8.82. The Morgan fingerprint density at radius 1 is 1.43 bits per heavy atom. The molecule has 0 atom stereocenters. The minimum absolute atomic E-state index is 0.0412. The molecule has 1 aliphatic rings. The van der Waals surface area contributed by atoms with Gasteiger partial charge in [0.05, 0.1) is 24.7 Å². The lowest BCUT2D eigenvalue weighted by Crippen LogP contribution is -2.37. The average Bonchev–Trinajstić information content (AvgIpc) is 2.15. The second-order valence-electron chi connectivity index (χ2n) is 3.72. The Balaban J connectivity index is 2.07. The van der Waals surface area contributed by atoms with Crippen molar-refractivity contribution in [1.82, 2.24) is 9.97 Å². The molecule has 1 heterocycles. The molecule has 0 radical (unpaired) electrons. The molecule has 4 nitrogen and oxygen atoms in total. The van der Waals surface area contributed by atoms with Crippen molar-refractivity contribution in [3.8, 4) is 0 Å². The molecule has 76 valence electrons. The first kappa shape index (κ1) is 9.40. The predicted molar refractivity (Wildman–Crippen MR) is 54.0 cm³/mol. The second-order valence-corrected chi connectivity index (χ2v) is 3.72. The van der Waals surface area contributed by atoms with Gasteiger partial charge in [-0.15, -0.1) is 0 Å². The normalized spacial score (nSPS) is 16.4. The molecule has 0 aliphatic heterocycles. The molecule has 4 heteroatoms. The number of hydrogen-bond donors (Lipinski definition) is 1. The Morgan fingerprint density at radius 2 is 2.21 bits per heavy atom. The lowest BCUT2D eigenvalue weighted by atomic mass is 9.92. The largest absolute Gasteiger partial charge is 0.390 e. The van der Waals surface area contributed by atoms with Gasteiger partial charge in [0.1, 0.15) is 5.82 Å². The van der Waals surface area contributed by atoms with Gasteiger partial charge in [0.2, 0.25) is 0 Å². The van der Waals surface area contributed by atoms with Crippen molar-refractivity contribution < 1.29 is 5.11 Å². The van der Waals surface area contributed by atoms with Gasteiger partial charge in [-0.25, -0.2) is 4.98 Å². The van der Waals surface area contributed by atoms with E-state index >= 15 is 0 Å². The van der Waals surface area contributed by atoms with Crippen LogP contribution in [0.25, 0.3) is 0 Å². The zero-order chi connectivity index (χ0) is 9.97. The first-order chi connectivity index (χ1) is 6.81. The number of rotatable bonds is 3. The van der Waals surface area contributed by atoms with Crippen LogP contribution in [-0.4, -0.2) is 28.2 Å². The fourth-order valence-corrected chi connectivity index (χ4v) is 1.57. The second kappa shape index (κ2) is 3.92. The van der Waals surface area contributed by atoms with Crippen LogP contribution >= 0.6 is 0 Å². The maximum Gasteiger partial charge on any atom is 0.147 e. The van der Waals surface area contributed by atoms with Crippen LogP contribution in [0.4, 0.5) is 5.82 Å². The molecule has 0 unspecified atom stereocenters. The summed E-state index contributed by atoms with van der Waals surface area (Å²) in [6.45, 7) is -0.0412. The Hall–Kier alpha value is -1.16. The van der Waals surface area contributed by atoms with Crippen molar-refractivity contribution in [3.63, 3.8) is 0 Å². The number of aliphatic hydroxyl groups excluding tert-OH is 1. The van der Waals surface area contributed by atoms with E-state index in [1.165, 1.54) is 19.3 Å². The Bertz CT molecular complexity index is 295. The molecule has 1 aromatic heterocycles. The summed E-state index contributed by atoms with van der Waals surface area (Å²) < 4.78 is 0. The third-order valence-corrected chi connectivity index (χ3v) is 2.84. The molecule has 0 amide bonds. The summed E-state index contributed by atoms with van der Waals surface area (Å²) in [6, 6.07) is 0.629. The summed E-state index contributed by atoms with van der Waals surface area (Å²) in [5.41, 5.74) is 0.621. The smallest absolute Gasteiger partial charge is 0.147 e. The Labute approximate surface area is 83.6 Å². The maximum absolute atomic E-state index is 8.82. The molecule has 0 aromatic carbocycles. The van der Waals surface area contributed by atoms with Gasteiger partial charge in [0.25, 0.3) is 0 Å². The fraction of sp³-hybridized carbons (Fsp3) is 0.600. The van der Waals surface area contributed by atoms with Crippen LogP contribution in [0.2, 0.25) is 0 Å². The zero-order valence-electron chi connectivity index (χ0n) is 8.35. The molecule has 1 fully saturated rings. The van der Waals surface area contributed by atoms with Crippen molar-refractivity contribution in [3.05, 3.63) is 18.1 Å². The van der Waals surface area contributed by atoms with Gasteiger partial charge in [-0.2, -0.15) is 0 Å². The van der Waals surface area contributed by atoms with E-state index in [1.54, 1.807) is 12.4 Å². The fourth-order valence-electron chi connectivity index (χ4n) is 1.57. The van der Waals surface area contributed by atoms with Crippen molar-refractivity contribution in [2.75, 3.05) is 11.9 Å². The van der Waals surface area contributed by atoms with Crippen LogP contribution in [-0.2, 0) is 6.61 Å².